The molecule has 0 spiro atoms. The molecule has 5 nitrogen and oxygen atoms in total. The molecule has 34 heavy (non-hydrogen) atoms. The van der Waals surface area contributed by atoms with Gasteiger partial charge in [0.15, 0.2) is 0 Å². The lowest BCUT2D eigenvalue weighted by Gasteiger charge is -2.39. The largest absolute Gasteiger partial charge is 0.445 e. The Labute approximate surface area is 208 Å². The molecule has 2 fully saturated rings. The summed E-state index contributed by atoms with van der Waals surface area (Å²) in [4.78, 5) is 15.0. The van der Waals surface area contributed by atoms with Gasteiger partial charge in [-0.05, 0) is 86.8 Å². The molecule has 1 aliphatic heterocycles. The van der Waals surface area contributed by atoms with Crippen molar-refractivity contribution >= 4 is 23.4 Å². The van der Waals surface area contributed by atoms with E-state index in [2.05, 4.69) is 28.4 Å². The summed E-state index contributed by atoms with van der Waals surface area (Å²) >= 11 is 6.28. The number of hydrogen-bond acceptors (Lipinski definition) is 4. The lowest BCUT2D eigenvalue weighted by atomic mass is 9.77. The van der Waals surface area contributed by atoms with Crippen molar-refractivity contribution in [3.05, 3.63) is 64.2 Å². The Morgan fingerprint density at radius 3 is 2.71 bits per heavy atom. The number of benzene rings is 2. The SMILES string of the molecule is Cc1ccc(COC(=O)N[C@@H]2CCCC[C@H]2C[C@H]2CCCN(c3ccc(C#N)cc3)C2)c(Cl)c1. The van der Waals surface area contributed by atoms with Gasteiger partial charge in [0.05, 0.1) is 11.6 Å². The number of amides is 1. The molecular weight excluding hydrogens is 446 g/mol. The summed E-state index contributed by atoms with van der Waals surface area (Å²) < 4.78 is 5.52. The number of halogens is 1. The van der Waals surface area contributed by atoms with E-state index in [0.717, 1.165) is 49.9 Å². The Balaban J connectivity index is 1.30. The second-order valence-corrected chi connectivity index (χ2v) is 10.2. The standard InChI is InChI=1S/C28H34ClN3O2/c1-20-8-11-24(26(29)15-20)19-34-28(33)31-27-7-3-2-6-23(27)16-22-5-4-14-32(18-22)25-12-9-21(17-30)10-13-25/h8-13,15,22-23,27H,2-7,14,16,18-19H2,1H3,(H,31,33)/t22-,23+,27-/m1/s1. The van der Waals surface area contributed by atoms with Gasteiger partial charge >= 0.3 is 6.09 Å². The Morgan fingerprint density at radius 1 is 1.15 bits per heavy atom. The smallest absolute Gasteiger partial charge is 0.407 e. The van der Waals surface area contributed by atoms with Crippen LogP contribution in [0.2, 0.25) is 5.02 Å². The first-order chi connectivity index (χ1) is 16.5. The van der Waals surface area contributed by atoms with Crippen LogP contribution in [0, 0.1) is 30.1 Å². The molecule has 2 aliphatic rings. The van der Waals surface area contributed by atoms with E-state index in [4.69, 9.17) is 21.6 Å². The Kier molecular flexibility index (Phi) is 8.34. The first kappa shape index (κ1) is 24.4. The number of ether oxygens (including phenoxy) is 1. The summed E-state index contributed by atoms with van der Waals surface area (Å²) in [6.45, 7) is 4.26. The number of hydrogen-bond donors (Lipinski definition) is 1. The fraction of sp³-hybridized carbons (Fsp3) is 0.500. The number of carbonyl (C=O) groups is 1. The van der Waals surface area contributed by atoms with Crippen LogP contribution in [0.15, 0.2) is 42.5 Å². The van der Waals surface area contributed by atoms with Gasteiger partial charge in [0.1, 0.15) is 6.61 Å². The zero-order valence-electron chi connectivity index (χ0n) is 19.9. The number of aryl methyl sites for hydroxylation is 1. The van der Waals surface area contributed by atoms with Crippen molar-refractivity contribution in [1.82, 2.24) is 5.32 Å². The van der Waals surface area contributed by atoms with Crippen LogP contribution in [0.25, 0.3) is 0 Å². The molecule has 0 unspecified atom stereocenters. The lowest BCUT2D eigenvalue weighted by molar-refractivity contribution is 0.123. The molecule has 1 heterocycles. The van der Waals surface area contributed by atoms with Crippen molar-refractivity contribution in [1.29, 1.82) is 5.26 Å². The summed E-state index contributed by atoms with van der Waals surface area (Å²) in [6, 6.07) is 16.1. The summed E-state index contributed by atoms with van der Waals surface area (Å²) in [7, 11) is 0. The number of rotatable bonds is 6. The van der Waals surface area contributed by atoms with Crippen molar-refractivity contribution in [2.75, 3.05) is 18.0 Å². The molecule has 1 N–H and O–H groups in total. The van der Waals surface area contributed by atoms with E-state index < -0.39 is 0 Å². The van der Waals surface area contributed by atoms with Gasteiger partial charge in [0.2, 0.25) is 0 Å². The number of carbonyl (C=O) groups excluding carboxylic acids is 1. The fourth-order valence-corrected chi connectivity index (χ4v) is 5.74. The monoisotopic (exact) mass is 479 g/mol. The molecule has 180 valence electrons. The zero-order chi connectivity index (χ0) is 23.9. The third kappa shape index (κ3) is 6.45. The van der Waals surface area contributed by atoms with Crippen LogP contribution < -0.4 is 10.2 Å². The number of piperidine rings is 1. The molecule has 1 saturated heterocycles. The van der Waals surface area contributed by atoms with Gasteiger partial charge in [-0.15, -0.1) is 0 Å². The van der Waals surface area contributed by atoms with Crippen molar-refractivity contribution in [2.45, 2.75) is 64.5 Å². The van der Waals surface area contributed by atoms with E-state index in [1.165, 1.54) is 24.9 Å². The Hall–Kier alpha value is -2.71. The van der Waals surface area contributed by atoms with Crippen molar-refractivity contribution < 1.29 is 9.53 Å². The summed E-state index contributed by atoms with van der Waals surface area (Å²) in [6.07, 6.45) is 7.72. The van der Waals surface area contributed by atoms with Gasteiger partial charge in [-0.2, -0.15) is 5.26 Å². The van der Waals surface area contributed by atoms with Crippen molar-refractivity contribution in [3.63, 3.8) is 0 Å². The summed E-state index contributed by atoms with van der Waals surface area (Å²) in [5, 5.41) is 12.9. The first-order valence-electron chi connectivity index (χ1n) is 12.5. The molecule has 4 rings (SSSR count). The van der Waals surface area contributed by atoms with Gasteiger partial charge in [0.25, 0.3) is 0 Å². The highest BCUT2D eigenvalue weighted by molar-refractivity contribution is 6.31. The van der Waals surface area contributed by atoms with Crippen LogP contribution in [0.5, 0.6) is 0 Å². The van der Waals surface area contributed by atoms with Gasteiger partial charge in [0, 0.05) is 35.4 Å². The molecule has 6 heteroatoms. The van der Waals surface area contributed by atoms with Gasteiger partial charge in [-0.3, -0.25) is 0 Å². The maximum Gasteiger partial charge on any atom is 0.407 e. The summed E-state index contributed by atoms with van der Waals surface area (Å²) in [5.41, 5.74) is 3.81. The Morgan fingerprint density at radius 2 is 1.94 bits per heavy atom. The average molecular weight is 480 g/mol. The van der Waals surface area contributed by atoms with Crippen LogP contribution >= 0.6 is 11.6 Å². The van der Waals surface area contributed by atoms with E-state index in [-0.39, 0.29) is 18.7 Å². The van der Waals surface area contributed by atoms with E-state index in [1.54, 1.807) is 0 Å². The minimum atomic E-state index is -0.351. The number of nitrogens with one attached hydrogen (secondary N) is 1. The minimum Gasteiger partial charge on any atom is -0.445 e. The number of nitriles is 1. The van der Waals surface area contributed by atoms with Gasteiger partial charge in [-0.25, -0.2) is 4.79 Å². The third-order valence-electron chi connectivity index (χ3n) is 7.30. The number of alkyl carbamates (subject to hydrolysis) is 1. The maximum atomic E-state index is 12.6. The first-order valence-corrected chi connectivity index (χ1v) is 12.8. The fourth-order valence-electron chi connectivity index (χ4n) is 5.45. The van der Waals surface area contributed by atoms with Crippen LogP contribution in [0.1, 0.15) is 61.6 Å². The number of anilines is 1. The highest BCUT2D eigenvalue weighted by Gasteiger charge is 2.31. The number of nitrogens with zero attached hydrogens (tertiary/aromatic N) is 2. The Bertz CT molecular complexity index is 1020. The molecule has 1 aliphatic carbocycles. The minimum absolute atomic E-state index is 0.167. The second kappa shape index (κ2) is 11.6. The van der Waals surface area contributed by atoms with Crippen molar-refractivity contribution in [2.24, 2.45) is 11.8 Å². The molecule has 0 aromatic heterocycles. The predicted octanol–water partition coefficient (Wildman–Crippen LogP) is 6.61. The van der Waals surface area contributed by atoms with Crippen LogP contribution in [-0.4, -0.2) is 25.2 Å². The molecular formula is C28H34ClN3O2. The van der Waals surface area contributed by atoms with Crippen LogP contribution in [0.3, 0.4) is 0 Å². The van der Waals surface area contributed by atoms with E-state index in [9.17, 15) is 4.79 Å². The van der Waals surface area contributed by atoms with E-state index in [1.807, 2.05) is 37.3 Å². The van der Waals surface area contributed by atoms with Gasteiger partial charge < -0.3 is 15.0 Å². The topological polar surface area (TPSA) is 65.4 Å². The molecule has 1 saturated carbocycles. The van der Waals surface area contributed by atoms with Crippen LogP contribution in [-0.2, 0) is 11.3 Å². The van der Waals surface area contributed by atoms with E-state index in [0.29, 0.717) is 22.4 Å². The quantitative estimate of drug-likeness (QED) is 0.506. The van der Waals surface area contributed by atoms with Crippen LogP contribution in [0.4, 0.5) is 10.5 Å². The van der Waals surface area contributed by atoms with Crippen molar-refractivity contribution in [3.8, 4) is 6.07 Å². The normalized spacial score (nSPS) is 22.6. The highest BCUT2D eigenvalue weighted by atomic mass is 35.5. The molecule has 1 amide bonds. The molecule has 0 radical (unpaired) electrons. The zero-order valence-corrected chi connectivity index (χ0v) is 20.7. The molecule has 2 aromatic rings. The maximum absolute atomic E-state index is 12.6. The molecule has 2 aromatic carbocycles. The average Bonchev–Trinajstić information content (AvgIpc) is 2.85. The third-order valence-corrected chi connectivity index (χ3v) is 7.65. The lowest BCUT2D eigenvalue weighted by Crippen LogP contribution is -2.44. The predicted molar refractivity (Wildman–Crippen MR) is 136 cm³/mol. The van der Waals surface area contributed by atoms with Gasteiger partial charge in [-0.1, -0.05) is 36.6 Å². The highest BCUT2D eigenvalue weighted by Crippen LogP contribution is 2.34. The second-order valence-electron chi connectivity index (χ2n) is 9.82. The molecule has 3 atom stereocenters. The van der Waals surface area contributed by atoms with E-state index >= 15 is 0 Å². The summed E-state index contributed by atoms with van der Waals surface area (Å²) in [5.74, 6) is 1.09. The molecule has 0 bridgehead atoms.